The number of carbonyl (C=O) groups is 2. The van der Waals surface area contributed by atoms with E-state index in [1.165, 1.54) is 0 Å². The second-order valence-corrected chi connectivity index (χ2v) is 13.6. The summed E-state index contributed by atoms with van der Waals surface area (Å²) in [7, 11) is -0.271. The standard InChI is InChI=1S/C24H39N6O8P/c1-22(2,3)20(33)35-14-38-39(34,37-11-10-23(4,5)19(31)32)15-36-24(8-9-24)12-30-13-26-16-17(29(6)7)27-21(25)28-18(16)30/h13H,8-12,14-15H2,1-7H3,(H,31,32)(H2,25,27,28). The number of hydrogen-bond acceptors (Lipinski definition) is 12. The summed E-state index contributed by atoms with van der Waals surface area (Å²) in [6.45, 7) is 7.73. The fourth-order valence-corrected chi connectivity index (χ4v) is 4.66. The summed E-state index contributed by atoms with van der Waals surface area (Å²) in [6, 6.07) is 0. The normalized spacial score (nSPS) is 16.6. The minimum atomic E-state index is -3.94. The van der Waals surface area contributed by atoms with E-state index in [1.54, 1.807) is 50.4 Å². The zero-order valence-corrected chi connectivity index (χ0v) is 24.5. The molecule has 1 atom stereocenters. The van der Waals surface area contributed by atoms with Crippen molar-refractivity contribution in [1.82, 2.24) is 19.5 Å². The molecule has 1 aliphatic carbocycles. The molecule has 39 heavy (non-hydrogen) atoms. The summed E-state index contributed by atoms with van der Waals surface area (Å²) < 4.78 is 37.6. The van der Waals surface area contributed by atoms with Crippen LogP contribution in [0.2, 0.25) is 0 Å². The number of carboxylic acids is 1. The molecule has 1 aliphatic rings. The van der Waals surface area contributed by atoms with Crippen molar-refractivity contribution in [2.45, 2.75) is 66.0 Å². The molecule has 0 bridgehead atoms. The lowest BCUT2D eigenvalue weighted by atomic mass is 9.90. The molecule has 0 radical (unpaired) electrons. The Balaban J connectivity index is 1.71. The number of ether oxygens (including phenoxy) is 2. The van der Waals surface area contributed by atoms with Crippen molar-refractivity contribution in [3.8, 4) is 0 Å². The molecule has 1 fully saturated rings. The molecule has 0 amide bonds. The molecule has 0 spiro atoms. The van der Waals surface area contributed by atoms with Crippen molar-refractivity contribution in [1.29, 1.82) is 0 Å². The Morgan fingerprint density at radius 3 is 2.41 bits per heavy atom. The first-order valence-electron chi connectivity index (χ1n) is 12.6. The SMILES string of the molecule is CN(C)c1nc(N)nc2c1ncn2CC1(OCP(=O)(OCCC(C)(C)C(=O)O)OCOC(=O)C(C)(C)C)CC1. The minimum absolute atomic E-state index is 0.0823. The number of nitrogens with two attached hydrogens (primary N) is 1. The van der Waals surface area contributed by atoms with Crippen LogP contribution in [0.1, 0.15) is 53.9 Å². The van der Waals surface area contributed by atoms with Gasteiger partial charge in [0, 0.05) is 14.1 Å². The number of aliphatic carboxylic acids is 1. The molecule has 3 N–H and O–H groups in total. The van der Waals surface area contributed by atoms with Crippen LogP contribution in [-0.2, 0) is 39.2 Å². The molecule has 2 aromatic rings. The van der Waals surface area contributed by atoms with E-state index in [9.17, 15) is 19.3 Å². The van der Waals surface area contributed by atoms with Crippen molar-refractivity contribution in [3.63, 3.8) is 0 Å². The summed E-state index contributed by atoms with van der Waals surface area (Å²) in [6.07, 6.45) is 2.65. The molecule has 15 heteroatoms. The van der Waals surface area contributed by atoms with Gasteiger partial charge in [0.15, 0.2) is 17.0 Å². The van der Waals surface area contributed by atoms with Crippen LogP contribution in [0.5, 0.6) is 0 Å². The van der Waals surface area contributed by atoms with E-state index in [4.69, 9.17) is 24.3 Å². The van der Waals surface area contributed by atoms with Gasteiger partial charge in [-0.05, 0) is 53.9 Å². The lowest BCUT2D eigenvalue weighted by Crippen LogP contribution is -2.26. The number of aromatic nitrogens is 4. The highest BCUT2D eigenvalue weighted by molar-refractivity contribution is 7.53. The summed E-state index contributed by atoms with van der Waals surface area (Å²) in [5.41, 5.74) is 4.50. The second-order valence-electron chi connectivity index (χ2n) is 11.6. The average molecular weight is 571 g/mol. The van der Waals surface area contributed by atoms with Crippen LogP contribution in [0.15, 0.2) is 6.33 Å². The first kappa shape index (κ1) is 30.7. The molecule has 2 heterocycles. The Kier molecular flexibility index (Phi) is 8.95. The quantitative estimate of drug-likeness (QED) is 0.192. The molecule has 14 nitrogen and oxygen atoms in total. The number of hydrogen-bond donors (Lipinski definition) is 2. The highest BCUT2D eigenvalue weighted by Gasteiger charge is 2.47. The number of carboxylic acid groups (broad SMARTS) is 1. The minimum Gasteiger partial charge on any atom is -0.481 e. The Hall–Kier alpha value is -2.80. The summed E-state index contributed by atoms with van der Waals surface area (Å²) in [4.78, 5) is 38.4. The van der Waals surface area contributed by atoms with Crippen LogP contribution >= 0.6 is 7.60 Å². The van der Waals surface area contributed by atoms with Gasteiger partial charge in [0.25, 0.3) is 0 Å². The third-order valence-corrected chi connectivity index (χ3v) is 7.85. The zero-order valence-electron chi connectivity index (χ0n) is 23.6. The predicted octanol–water partition coefficient (Wildman–Crippen LogP) is 3.26. The number of nitrogen functional groups attached to an aromatic ring is 1. The monoisotopic (exact) mass is 570 g/mol. The summed E-state index contributed by atoms with van der Waals surface area (Å²) in [5.74, 6) is -0.851. The summed E-state index contributed by atoms with van der Waals surface area (Å²) >= 11 is 0. The fraction of sp³-hybridized carbons (Fsp3) is 0.708. The topological polar surface area (TPSA) is 181 Å². The number of esters is 1. The van der Waals surface area contributed by atoms with Gasteiger partial charge >= 0.3 is 19.5 Å². The molecule has 3 rings (SSSR count). The average Bonchev–Trinajstić information content (AvgIpc) is 3.48. The molecule has 1 saturated carbocycles. The Labute approximate surface area is 227 Å². The number of rotatable bonds is 14. The van der Waals surface area contributed by atoms with Crippen molar-refractivity contribution in [3.05, 3.63) is 6.33 Å². The van der Waals surface area contributed by atoms with Crippen LogP contribution in [-0.4, -0.2) is 76.0 Å². The van der Waals surface area contributed by atoms with Gasteiger partial charge in [-0.25, -0.2) is 4.98 Å². The molecule has 2 aromatic heterocycles. The fourth-order valence-electron chi connectivity index (χ4n) is 3.42. The van der Waals surface area contributed by atoms with Crippen LogP contribution in [0.4, 0.5) is 11.8 Å². The predicted molar refractivity (Wildman–Crippen MR) is 143 cm³/mol. The molecule has 218 valence electrons. The van der Waals surface area contributed by atoms with Gasteiger partial charge in [-0.15, -0.1) is 0 Å². The first-order valence-corrected chi connectivity index (χ1v) is 14.3. The van der Waals surface area contributed by atoms with Gasteiger partial charge in [-0.1, -0.05) is 0 Å². The van der Waals surface area contributed by atoms with Gasteiger partial charge in [-0.2, -0.15) is 9.97 Å². The van der Waals surface area contributed by atoms with E-state index in [-0.39, 0.29) is 19.0 Å². The first-order chi connectivity index (χ1) is 18.0. The van der Waals surface area contributed by atoms with Crippen LogP contribution in [0.25, 0.3) is 11.2 Å². The van der Waals surface area contributed by atoms with E-state index in [2.05, 4.69) is 15.0 Å². The van der Waals surface area contributed by atoms with Crippen molar-refractivity contribution >= 4 is 42.5 Å². The van der Waals surface area contributed by atoms with Crippen molar-refractivity contribution < 1.29 is 37.8 Å². The van der Waals surface area contributed by atoms with Crippen LogP contribution in [0.3, 0.4) is 0 Å². The zero-order chi connectivity index (χ0) is 29.2. The molecule has 0 saturated heterocycles. The largest absolute Gasteiger partial charge is 0.481 e. The highest BCUT2D eigenvalue weighted by atomic mass is 31.2. The van der Waals surface area contributed by atoms with E-state index in [1.807, 2.05) is 14.1 Å². The maximum atomic E-state index is 13.6. The number of anilines is 2. The van der Waals surface area contributed by atoms with E-state index >= 15 is 0 Å². The number of imidazole rings is 1. The van der Waals surface area contributed by atoms with Crippen molar-refractivity contribution in [2.24, 2.45) is 10.8 Å². The van der Waals surface area contributed by atoms with Gasteiger partial charge in [0.05, 0.1) is 35.9 Å². The van der Waals surface area contributed by atoms with Gasteiger partial charge in [0.2, 0.25) is 12.7 Å². The maximum Gasteiger partial charge on any atom is 0.359 e. The Bertz CT molecular complexity index is 1250. The van der Waals surface area contributed by atoms with Crippen LogP contribution in [0, 0.1) is 10.8 Å². The molecule has 0 aliphatic heterocycles. The summed E-state index contributed by atoms with van der Waals surface area (Å²) in [5, 5.41) is 9.36. The molecular weight excluding hydrogens is 531 g/mol. The van der Waals surface area contributed by atoms with Gasteiger partial charge < -0.3 is 34.3 Å². The third-order valence-electron chi connectivity index (χ3n) is 6.33. The smallest absolute Gasteiger partial charge is 0.359 e. The van der Waals surface area contributed by atoms with Crippen molar-refractivity contribution in [2.75, 3.05) is 44.5 Å². The second kappa shape index (κ2) is 11.4. The van der Waals surface area contributed by atoms with Gasteiger partial charge in [-0.3, -0.25) is 18.7 Å². The Morgan fingerprint density at radius 1 is 1.18 bits per heavy atom. The lowest BCUT2D eigenvalue weighted by Gasteiger charge is -2.25. The van der Waals surface area contributed by atoms with Gasteiger partial charge in [0.1, 0.15) is 6.35 Å². The number of fused-ring (bicyclic) bond motifs is 1. The lowest BCUT2D eigenvalue weighted by molar-refractivity contribution is -0.160. The van der Waals surface area contributed by atoms with E-state index < -0.39 is 49.1 Å². The number of nitrogens with zero attached hydrogens (tertiary/aromatic N) is 5. The molecule has 0 aromatic carbocycles. The Morgan fingerprint density at radius 2 is 1.85 bits per heavy atom. The number of carbonyl (C=O) groups excluding carboxylic acids is 1. The van der Waals surface area contributed by atoms with E-state index in [0.29, 0.717) is 36.4 Å². The molecular formula is C24H39N6O8P. The third kappa shape index (κ3) is 7.87. The highest BCUT2D eigenvalue weighted by Crippen LogP contribution is 2.52. The maximum absolute atomic E-state index is 13.6. The van der Waals surface area contributed by atoms with Crippen LogP contribution < -0.4 is 10.6 Å². The van der Waals surface area contributed by atoms with E-state index in [0.717, 1.165) is 0 Å². The molecule has 1 unspecified atom stereocenters.